The van der Waals surface area contributed by atoms with E-state index in [1.165, 1.54) is 23.5 Å². The SMILES string of the molecule is CCc1nc(C(NC)c2cccc(C(F)(F)F)c2)sc1C. The quantitative estimate of drug-likeness (QED) is 0.908. The van der Waals surface area contributed by atoms with Crippen LogP contribution in [-0.2, 0) is 12.6 Å². The minimum Gasteiger partial charge on any atom is -0.307 e. The van der Waals surface area contributed by atoms with E-state index >= 15 is 0 Å². The van der Waals surface area contributed by atoms with Crippen molar-refractivity contribution in [3.8, 4) is 0 Å². The Hall–Kier alpha value is -1.40. The summed E-state index contributed by atoms with van der Waals surface area (Å²) in [4.78, 5) is 5.65. The molecule has 1 aromatic carbocycles. The van der Waals surface area contributed by atoms with Gasteiger partial charge in [0.15, 0.2) is 0 Å². The van der Waals surface area contributed by atoms with E-state index in [1.54, 1.807) is 13.1 Å². The Morgan fingerprint density at radius 2 is 2.05 bits per heavy atom. The van der Waals surface area contributed by atoms with Crippen LogP contribution in [0.5, 0.6) is 0 Å². The Kier molecular flexibility index (Phi) is 4.68. The molecule has 0 radical (unpaired) electrons. The highest BCUT2D eigenvalue weighted by Crippen LogP contribution is 2.33. The van der Waals surface area contributed by atoms with Crippen molar-refractivity contribution >= 4 is 11.3 Å². The second-order valence-electron chi connectivity index (χ2n) is 4.75. The Morgan fingerprint density at radius 1 is 1.33 bits per heavy atom. The Morgan fingerprint density at radius 3 is 2.57 bits per heavy atom. The average molecular weight is 314 g/mol. The third kappa shape index (κ3) is 3.44. The van der Waals surface area contributed by atoms with Crippen LogP contribution in [0.1, 0.15) is 39.7 Å². The summed E-state index contributed by atoms with van der Waals surface area (Å²) in [6.45, 7) is 4.00. The van der Waals surface area contributed by atoms with E-state index in [1.807, 2.05) is 13.8 Å². The molecule has 1 aromatic heterocycles. The fourth-order valence-electron chi connectivity index (χ4n) is 2.23. The van der Waals surface area contributed by atoms with Gasteiger partial charge in [0.2, 0.25) is 0 Å². The fraction of sp³-hybridized carbons (Fsp3) is 0.400. The lowest BCUT2D eigenvalue weighted by molar-refractivity contribution is -0.137. The van der Waals surface area contributed by atoms with Crippen molar-refractivity contribution in [2.75, 3.05) is 7.05 Å². The number of halogens is 3. The maximum Gasteiger partial charge on any atom is 0.416 e. The highest BCUT2D eigenvalue weighted by atomic mass is 32.1. The van der Waals surface area contributed by atoms with Crippen molar-refractivity contribution < 1.29 is 13.2 Å². The van der Waals surface area contributed by atoms with Crippen molar-refractivity contribution in [1.29, 1.82) is 0 Å². The molecular formula is C15H17F3N2S. The van der Waals surface area contributed by atoms with E-state index in [-0.39, 0.29) is 6.04 Å². The summed E-state index contributed by atoms with van der Waals surface area (Å²) in [5, 5.41) is 3.86. The first-order chi connectivity index (χ1) is 9.86. The largest absolute Gasteiger partial charge is 0.416 e. The van der Waals surface area contributed by atoms with E-state index in [0.717, 1.165) is 28.1 Å². The maximum atomic E-state index is 12.8. The third-order valence-electron chi connectivity index (χ3n) is 3.33. The van der Waals surface area contributed by atoms with E-state index in [0.29, 0.717) is 5.56 Å². The van der Waals surface area contributed by atoms with Gasteiger partial charge in [0.05, 0.1) is 17.3 Å². The van der Waals surface area contributed by atoms with Crippen LogP contribution in [0.3, 0.4) is 0 Å². The summed E-state index contributed by atoms with van der Waals surface area (Å²) in [5.74, 6) is 0. The molecule has 0 saturated carbocycles. The van der Waals surface area contributed by atoms with Gasteiger partial charge in [-0.3, -0.25) is 0 Å². The van der Waals surface area contributed by atoms with Crippen molar-refractivity contribution in [3.63, 3.8) is 0 Å². The molecule has 0 bridgehead atoms. The summed E-state index contributed by atoms with van der Waals surface area (Å²) >= 11 is 1.52. The molecule has 2 rings (SSSR count). The van der Waals surface area contributed by atoms with Crippen LogP contribution in [0.15, 0.2) is 24.3 Å². The van der Waals surface area contributed by atoms with Gasteiger partial charge in [0, 0.05) is 4.88 Å². The van der Waals surface area contributed by atoms with Crippen molar-refractivity contribution in [3.05, 3.63) is 51.0 Å². The number of benzene rings is 1. The van der Waals surface area contributed by atoms with Gasteiger partial charge < -0.3 is 5.32 Å². The number of hydrogen-bond donors (Lipinski definition) is 1. The number of alkyl halides is 3. The molecule has 1 atom stereocenters. The van der Waals surface area contributed by atoms with Crippen molar-refractivity contribution in [2.45, 2.75) is 32.5 Å². The van der Waals surface area contributed by atoms with Gasteiger partial charge in [-0.2, -0.15) is 13.2 Å². The van der Waals surface area contributed by atoms with Gasteiger partial charge in [-0.1, -0.05) is 19.1 Å². The van der Waals surface area contributed by atoms with Gasteiger partial charge in [-0.05, 0) is 38.1 Å². The van der Waals surface area contributed by atoms with Crippen LogP contribution in [0, 0.1) is 6.92 Å². The first-order valence-corrected chi connectivity index (χ1v) is 7.49. The number of aryl methyl sites for hydroxylation is 2. The molecule has 0 amide bonds. The minimum absolute atomic E-state index is 0.323. The third-order valence-corrected chi connectivity index (χ3v) is 4.40. The predicted octanol–water partition coefficient (Wildman–Crippen LogP) is 4.34. The molecule has 21 heavy (non-hydrogen) atoms. The van der Waals surface area contributed by atoms with Crippen LogP contribution in [-0.4, -0.2) is 12.0 Å². The Balaban J connectivity index is 2.41. The number of nitrogens with zero attached hydrogens (tertiary/aromatic N) is 1. The van der Waals surface area contributed by atoms with Crippen molar-refractivity contribution in [1.82, 2.24) is 10.3 Å². The summed E-state index contributed by atoms with van der Waals surface area (Å²) in [6, 6.07) is 5.07. The zero-order chi connectivity index (χ0) is 15.6. The molecule has 0 aliphatic heterocycles. The molecule has 0 aliphatic carbocycles. The Labute approximate surface area is 126 Å². The van der Waals surface area contributed by atoms with Gasteiger partial charge in [-0.25, -0.2) is 4.98 Å². The number of thiazole rings is 1. The first kappa shape index (κ1) is 16.0. The molecule has 1 N–H and O–H groups in total. The molecule has 1 unspecified atom stereocenters. The van der Waals surface area contributed by atoms with Crippen LogP contribution < -0.4 is 5.32 Å². The van der Waals surface area contributed by atoms with Crippen molar-refractivity contribution in [2.24, 2.45) is 0 Å². The van der Waals surface area contributed by atoms with E-state index in [4.69, 9.17) is 0 Å². The molecule has 0 aliphatic rings. The smallest absolute Gasteiger partial charge is 0.307 e. The average Bonchev–Trinajstić information content (AvgIpc) is 2.80. The van der Waals surface area contributed by atoms with Crippen LogP contribution >= 0.6 is 11.3 Å². The topological polar surface area (TPSA) is 24.9 Å². The number of nitrogens with one attached hydrogen (secondary N) is 1. The highest BCUT2D eigenvalue weighted by Gasteiger charge is 2.31. The molecule has 2 nitrogen and oxygen atoms in total. The second-order valence-corrected chi connectivity index (χ2v) is 5.99. The lowest BCUT2D eigenvalue weighted by Crippen LogP contribution is -2.18. The summed E-state index contributed by atoms with van der Waals surface area (Å²) < 4.78 is 38.5. The van der Waals surface area contributed by atoms with Gasteiger partial charge in [-0.15, -0.1) is 11.3 Å². The maximum absolute atomic E-state index is 12.8. The van der Waals surface area contributed by atoms with Crippen LogP contribution in [0.2, 0.25) is 0 Å². The summed E-state index contributed by atoms with van der Waals surface area (Å²) in [7, 11) is 1.73. The molecule has 114 valence electrons. The van der Waals surface area contributed by atoms with Crippen LogP contribution in [0.25, 0.3) is 0 Å². The van der Waals surface area contributed by atoms with E-state index < -0.39 is 11.7 Å². The summed E-state index contributed by atoms with van der Waals surface area (Å²) in [5.41, 5.74) is 0.940. The lowest BCUT2D eigenvalue weighted by atomic mass is 10.0. The van der Waals surface area contributed by atoms with E-state index in [9.17, 15) is 13.2 Å². The predicted molar refractivity (Wildman–Crippen MR) is 78.6 cm³/mol. The highest BCUT2D eigenvalue weighted by molar-refractivity contribution is 7.11. The van der Waals surface area contributed by atoms with Gasteiger partial charge in [0.1, 0.15) is 5.01 Å². The zero-order valence-corrected chi connectivity index (χ0v) is 12.9. The number of rotatable bonds is 4. The number of hydrogen-bond acceptors (Lipinski definition) is 3. The second kappa shape index (κ2) is 6.15. The monoisotopic (exact) mass is 314 g/mol. The van der Waals surface area contributed by atoms with Gasteiger partial charge >= 0.3 is 6.18 Å². The molecule has 0 saturated heterocycles. The minimum atomic E-state index is -4.33. The molecular weight excluding hydrogens is 297 g/mol. The number of aromatic nitrogens is 1. The zero-order valence-electron chi connectivity index (χ0n) is 12.1. The molecule has 0 fully saturated rings. The van der Waals surface area contributed by atoms with Crippen LogP contribution in [0.4, 0.5) is 13.2 Å². The van der Waals surface area contributed by atoms with E-state index in [2.05, 4.69) is 10.3 Å². The molecule has 0 spiro atoms. The summed E-state index contributed by atoms with van der Waals surface area (Å²) in [6.07, 6.45) is -3.51. The molecule has 6 heteroatoms. The standard InChI is InChI=1S/C15H17F3N2S/c1-4-12-9(2)21-14(20-12)13(19-3)10-6-5-7-11(8-10)15(16,17)18/h5-8,13,19H,4H2,1-3H3. The first-order valence-electron chi connectivity index (χ1n) is 6.67. The molecule has 1 heterocycles. The normalized spacial score (nSPS) is 13.4. The lowest BCUT2D eigenvalue weighted by Gasteiger charge is -2.16. The Bertz CT molecular complexity index is 620. The van der Waals surface area contributed by atoms with Gasteiger partial charge in [0.25, 0.3) is 0 Å². The fourth-order valence-corrected chi connectivity index (χ4v) is 3.38. The molecule has 2 aromatic rings.